The molecule has 0 aliphatic carbocycles. The number of carboxylic acid groups (broad SMARTS) is 1. The summed E-state index contributed by atoms with van der Waals surface area (Å²) in [4.78, 5) is 38.5. The van der Waals surface area contributed by atoms with Gasteiger partial charge in [-0.1, -0.05) is 24.3 Å². The molecule has 2 aliphatic heterocycles. The molecule has 7 heteroatoms. The average Bonchev–Trinajstić information content (AvgIpc) is 2.91. The van der Waals surface area contributed by atoms with Crippen molar-refractivity contribution in [3.8, 4) is 0 Å². The van der Waals surface area contributed by atoms with Crippen LogP contribution in [0.4, 0.5) is 0 Å². The fraction of sp³-hybridized carbons (Fsp3) is 0.400. The van der Waals surface area contributed by atoms with Crippen LogP contribution in [-0.2, 0) is 27.3 Å². The fourth-order valence-electron chi connectivity index (χ4n) is 2.80. The highest BCUT2D eigenvalue weighted by atomic mass is 32.2. The minimum atomic E-state index is -1.01. The molecule has 1 fully saturated rings. The van der Waals surface area contributed by atoms with Gasteiger partial charge in [-0.15, -0.1) is 11.8 Å². The molecule has 22 heavy (non-hydrogen) atoms. The van der Waals surface area contributed by atoms with Crippen LogP contribution >= 0.6 is 11.8 Å². The van der Waals surface area contributed by atoms with Gasteiger partial charge in [0.1, 0.15) is 12.6 Å². The lowest BCUT2D eigenvalue weighted by Crippen LogP contribution is -2.51. The molecule has 0 unspecified atom stereocenters. The van der Waals surface area contributed by atoms with E-state index in [1.54, 1.807) is 0 Å². The Kier molecular flexibility index (Phi) is 4.06. The molecule has 0 radical (unpaired) electrons. The van der Waals surface area contributed by atoms with Gasteiger partial charge in [-0.05, 0) is 11.1 Å². The van der Waals surface area contributed by atoms with Crippen molar-refractivity contribution >= 4 is 29.5 Å². The lowest BCUT2D eigenvalue weighted by molar-refractivity contribution is -0.152. The number of carbonyl (C=O) groups excluding carboxylic acids is 2. The number of carboxylic acids is 1. The van der Waals surface area contributed by atoms with Gasteiger partial charge in [0.05, 0.1) is 11.6 Å². The number of carbonyl (C=O) groups is 3. The Bertz CT molecular complexity index is 634. The molecule has 1 aromatic rings. The van der Waals surface area contributed by atoms with Crippen molar-refractivity contribution in [2.75, 3.05) is 18.2 Å². The zero-order valence-electron chi connectivity index (χ0n) is 11.9. The molecule has 6 nitrogen and oxygen atoms in total. The van der Waals surface area contributed by atoms with Crippen molar-refractivity contribution in [3.63, 3.8) is 0 Å². The minimum absolute atomic E-state index is 0.0439. The molecule has 1 aromatic carbocycles. The second-order valence-corrected chi connectivity index (χ2v) is 6.37. The Balaban J connectivity index is 1.79. The maximum Gasteiger partial charge on any atom is 0.326 e. The standard InChI is InChI=1S/C15H16N2O4S/c18-13(7-16-9-22-8-14(16)19)17-6-11-4-2-1-3-10(11)5-12(17)15(20)21/h1-4,12H,5-9H2,(H,20,21)/t12-/m0/s1. The third-order valence-corrected chi connectivity index (χ3v) is 4.95. The number of thioether (sulfide) groups is 1. The van der Waals surface area contributed by atoms with Crippen molar-refractivity contribution in [2.24, 2.45) is 0 Å². The van der Waals surface area contributed by atoms with Crippen LogP contribution in [0.1, 0.15) is 11.1 Å². The minimum Gasteiger partial charge on any atom is -0.480 e. The molecule has 1 atom stereocenters. The molecule has 0 spiro atoms. The highest BCUT2D eigenvalue weighted by Gasteiger charge is 2.36. The van der Waals surface area contributed by atoms with Crippen molar-refractivity contribution in [3.05, 3.63) is 35.4 Å². The summed E-state index contributed by atoms with van der Waals surface area (Å²) in [6, 6.07) is 6.68. The molecule has 2 amide bonds. The zero-order chi connectivity index (χ0) is 15.7. The average molecular weight is 320 g/mol. The van der Waals surface area contributed by atoms with E-state index in [2.05, 4.69) is 0 Å². The number of aliphatic carboxylic acids is 1. The molecule has 1 saturated heterocycles. The van der Waals surface area contributed by atoms with E-state index < -0.39 is 12.0 Å². The van der Waals surface area contributed by atoms with Gasteiger partial charge in [0.2, 0.25) is 11.8 Å². The third kappa shape index (κ3) is 2.81. The van der Waals surface area contributed by atoms with Crippen LogP contribution in [0.5, 0.6) is 0 Å². The first-order chi connectivity index (χ1) is 10.6. The van der Waals surface area contributed by atoms with Gasteiger partial charge >= 0.3 is 5.97 Å². The maximum atomic E-state index is 12.5. The fourth-order valence-corrected chi connectivity index (χ4v) is 3.70. The Morgan fingerprint density at radius 1 is 1.27 bits per heavy atom. The van der Waals surface area contributed by atoms with E-state index in [0.29, 0.717) is 18.1 Å². The topological polar surface area (TPSA) is 77.9 Å². The van der Waals surface area contributed by atoms with Crippen molar-refractivity contribution < 1.29 is 19.5 Å². The first kappa shape index (κ1) is 14.9. The van der Waals surface area contributed by atoms with Gasteiger partial charge < -0.3 is 14.9 Å². The number of amides is 2. The molecule has 3 rings (SSSR count). The lowest BCUT2D eigenvalue weighted by Gasteiger charge is -2.35. The number of benzene rings is 1. The van der Waals surface area contributed by atoms with E-state index in [0.717, 1.165) is 11.1 Å². The molecule has 1 N–H and O–H groups in total. The van der Waals surface area contributed by atoms with Crippen LogP contribution in [0.2, 0.25) is 0 Å². The molecule has 2 heterocycles. The van der Waals surface area contributed by atoms with Gasteiger partial charge in [-0.3, -0.25) is 9.59 Å². The maximum absolute atomic E-state index is 12.5. The zero-order valence-corrected chi connectivity index (χ0v) is 12.7. The first-order valence-corrected chi connectivity index (χ1v) is 8.16. The van der Waals surface area contributed by atoms with Gasteiger partial charge in [0.25, 0.3) is 0 Å². The molecule has 0 saturated carbocycles. The largest absolute Gasteiger partial charge is 0.480 e. The third-order valence-electron chi connectivity index (χ3n) is 4.01. The van der Waals surface area contributed by atoms with Gasteiger partial charge in [0.15, 0.2) is 0 Å². The molecule has 116 valence electrons. The van der Waals surface area contributed by atoms with Crippen LogP contribution in [0.15, 0.2) is 24.3 Å². The van der Waals surface area contributed by atoms with Crippen LogP contribution in [0.3, 0.4) is 0 Å². The SMILES string of the molecule is O=C(O)[C@@H]1Cc2ccccc2CN1C(=O)CN1CSCC1=O. The number of nitrogens with zero attached hydrogens (tertiary/aromatic N) is 2. The summed E-state index contributed by atoms with van der Waals surface area (Å²) in [6.45, 7) is 0.235. The van der Waals surface area contributed by atoms with Gasteiger partial charge in [-0.2, -0.15) is 0 Å². The van der Waals surface area contributed by atoms with Crippen LogP contribution in [0.25, 0.3) is 0 Å². The summed E-state index contributed by atoms with van der Waals surface area (Å²) in [7, 11) is 0. The predicted octanol–water partition coefficient (Wildman–Crippen LogP) is 0.557. The Labute approximate surface area is 132 Å². The smallest absolute Gasteiger partial charge is 0.326 e. The molecule has 0 bridgehead atoms. The van der Waals surface area contributed by atoms with E-state index in [1.165, 1.54) is 21.6 Å². The summed E-state index contributed by atoms with van der Waals surface area (Å²) in [5.41, 5.74) is 1.93. The molecular weight excluding hydrogens is 304 g/mol. The Hall–Kier alpha value is -2.02. The first-order valence-electron chi connectivity index (χ1n) is 7.01. The van der Waals surface area contributed by atoms with Crippen LogP contribution in [0, 0.1) is 0 Å². The second kappa shape index (κ2) is 6.00. The molecular formula is C15H16N2O4S. The summed E-state index contributed by atoms with van der Waals surface area (Å²) in [5, 5.41) is 9.42. The lowest BCUT2D eigenvalue weighted by atomic mass is 9.94. The van der Waals surface area contributed by atoms with E-state index >= 15 is 0 Å². The molecule has 2 aliphatic rings. The second-order valence-electron chi connectivity index (χ2n) is 5.42. The van der Waals surface area contributed by atoms with E-state index in [1.807, 2.05) is 24.3 Å². The van der Waals surface area contributed by atoms with Crippen LogP contribution in [-0.4, -0.2) is 56.9 Å². The summed E-state index contributed by atoms with van der Waals surface area (Å²) < 4.78 is 0. The predicted molar refractivity (Wildman–Crippen MR) is 81.2 cm³/mol. The van der Waals surface area contributed by atoms with Gasteiger partial charge in [0, 0.05) is 13.0 Å². The summed E-state index contributed by atoms with van der Waals surface area (Å²) in [6.07, 6.45) is 0.305. The van der Waals surface area contributed by atoms with E-state index in [4.69, 9.17) is 0 Å². The highest BCUT2D eigenvalue weighted by Crippen LogP contribution is 2.24. The van der Waals surface area contributed by atoms with Crippen molar-refractivity contribution in [1.29, 1.82) is 0 Å². The number of hydrogen-bond donors (Lipinski definition) is 1. The number of rotatable bonds is 3. The molecule has 0 aromatic heterocycles. The van der Waals surface area contributed by atoms with E-state index in [-0.39, 0.29) is 24.9 Å². The van der Waals surface area contributed by atoms with Crippen molar-refractivity contribution in [2.45, 2.75) is 19.0 Å². The Morgan fingerprint density at radius 3 is 2.64 bits per heavy atom. The summed E-state index contributed by atoms with van der Waals surface area (Å²) in [5.74, 6) is -0.504. The summed E-state index contributed by atoms with van der Waals surface area (Å²) >= 11 is 1.46. The van der Waals surface area contributed by atoms with Crippen LogP contribution < -0.4 is 0 Å². The quantitative estimate of drug-likeness (QED) is 0.880. The monoisotopic (exact) mass is 320 g/mol. The number of fused-ring (bicyclic) bond motifs is 1. The highest BCUT2D eigenvalue weighted by molar-refractivity contribution is 8.00. The van der Waals surface area contributed by atoms with Gasteiger partial charge in [-0.25, -0.2) is 4.79 Å². The Morgan fingerprint density at radius 2 is 2.00 bits per heavy atom. The number of hydrogen-bond acceptors (Lipinski definition) is 4. The van der Waals surface area contributed by atoms with Crippen molar-refractivity contribution in [1.82, 2.24) is 9.80 Å². The normalized spacial score (nSPS) is 20.9. The van der Waals surface area contributed by atoms with E-state index in [9.17, 15) is 19.5 Å².